The molecule has 0 bridgehead atoms. The Morgan fingerprint density at radius 3 is 1.79 bits per heavy atom. The average Bonchev–Trinajstić information content (AvgIpc) is 2.60. The van der Waals surface area contributed by atoms with Crippen LogP contribution >= 0.6 is 0 Å². The van der Waals surface area contributed by atoms with E-state index in [1.165, 1.54) is 0 Å². The summed E-state index contributed by atoms with van der Waals surface area (Å²) in [6.07, 6.45) is -10.8. The first kappa shape index (κ1) is 23.5. The van der Waals surface area contributed by atoms with Gasteiger partial charge in [-0.05, 0) is 0 Å². The van der Waals surface area contributed by atoms with Crippen LogP contribution in [0.2, 0.25) is 0 Å². The fraction of sp³-hybridized carbons (Fsp3) is 1.00. The molecule has 12 heteroatoms. The van der Waals surface area contributed by atoms with E-state index in [1.54, 1.807) is 0 Å². The van der Waals surface area contributed by atoms with Crippen molar-refractivity contribution in [3.05, 3.63) is 0 Å². The van der Waals surface area contributed by atoms with Crippen LogP contribution in [-0.2, 0) is 4.74 Å². The Bertz CT molecular complexity index is 315. The van der Waals surface area contributed by atoms with E-state index in [2.05, 4.69) is 0 Å². The second kappa shape index (κ2) is 11.2. The zero-order valence-electron chi connectivity index (χ0n) is 12.9. The van der Waals surface area contributed by atoms with Crippen LogP contribution in [0.25, 0.3) is 0 Å². The molecule has 0 aliphatic carbocycles. The average molecular weight is 360 g/mol. The highest BCUT2D eigenvalue weighted by atomic mass is 16.6. The molecule has 1 heterocycles. The minimum absolute atomic E-state index is 0.226. The second-order valence-electron chi connectivity index (χ2n) is 5.34. The largest absolute Gasteiger partial charge is 0.394 e. The van der Waals surface area contributed by atoms with Crippen LogP contribution in [0.15, 0.2) is 0 Å². The molecular formula is C12H28N2O10. The van der Waals surface area contributed by atoms with Gasteiger partial charge in [0, 0.05) is 6.54 Å². The highest BCUT2D eigenvalue weighted by Crippen LogP contribution is 2.17. The van der Waals surface area contributed by atoms with Crippen LogP contribution in [0.1, 0.15) is 0 Å². The molecule has 13 N–H and O–H groups in total. The molecule has 1 fully saturated rings. The van der Waals surface area contributed by atoms with Crippen molar-refractivity contribution in [1.82, 2.24) is 0 Å². The van der Waals surface area contributed by atoms with Crippen LogP contribution in [0.5, 0.6) is 0 Å². The van der Waals surface area contributed by atoms with Crippen molar-refractivity contribution in [2.24, 2.45) is 11.5 Å². The van der Waals surface area contributed by atoms with Crippen LogP contribution in [0.4, 0.5) is 0 Å². The molecule has 0 aromatic heterocycles. The number of nitrogens with two attached hydrogens (primary N) is 2. The van der Waals surface area contributed by atoms with Gasteiger partial charge in [-0.15, -0.1) is 0 Å². The molecule has 12 nitrogen and oxygen atoms in total. The van der Waals surface area contributed by atoms with Crippen molar-refractivity contribution in [3.63, 3.8) is 0 Å². The predicted octanol–water partition coefficient (Wildman–Crippen LogP) is -6.87. The van der Waals surface area contributed by atoms with Crippen molar-refractivity contribution >= 4 is 0 Å². The first-order valence-corrected chi connectivity index (χ1v) is 7.21. The van der Waals surface area contributed by atoms with Crippen molar-refractivity contribution in [3.8, 4) is 0 Å². The molecule has 24 heavy (non-hydrogen) atoms. The SMILES string of the molecule is NC[C@H](O)[C@@H](O)[C@H](O)[C@H](O)CO.N[C@@H]1[C@@H](O)[C@H](O)[C@@H](CO)O[C@H]1O. The molecule has 1 aliphatic heterocycles. The van der Waals surface area contributed by atoms with E-state index in [4.69, 9.17) is 51.9 Å². The maximum absolute atomic E-state index is 9.20. The monoisotopic (exact) mass is 360 g/mol. The summed E-state index contributed by atoms with van der Waals surface area (Å²) in [5, 5.41) is 80.2. The third-order valence-corrected chi connectivity index (χ3v) is 3.52. The lowest BCUT2D eigenvalue weighted by atomic mass is 9.98. The Kier molecular flexibility index (Phi) is 11.0. The number of aliphatic hydroxyl groups is 9. The summed E-state index contributed by atoms with van der Waals surface area (Å²) in [6.45, 7) is -1.38. The van der Waals surface area contributed by atoms with Crippen LogP contribution in [0.3, 0.4) is 0 Å². The molecule has 0 spiro atoms. The van der Waals surface area contributed by atoms with E-state index >= 15 is 0 Å². The number of rotatable bonds is 6. The Morgan fingerprint density at radius 1 is 0.875 bits per heavy atom. The normalized spacial score (nSPS) is 35.4. The lowest BCUT2D eigenvalue weighted by Crippen LogP contribution is -2.61. The zero-order valence-corrected chi connectivity index (χ0v) is 12.9. The molecule has 0 aromatic rings. The van der Waals surface area contributed by atoms with Crippen molar-refractivity contribution < 1.29 is 50.7 Å². The Hall–Kier alpha value is -0.480. The number of aliphatic hydroxyl groups excluding tert-OH is 9. The summed E-state index contributed by atoms with van der Waals surface area (Å²) in [5.41, 5.74) is 10.2. The van der Waals surface area contributed by atoms with Crippen LogP contribution < -0.4 is 11.5 Å². The van der Waals surface area contributed by atoms with E-state index in [1.807, 2.05) is 0 Å². The third-order valence-electron chi connectivity index (χ3n) is 3.52. The van der Waals surface area contributed by atoms with Gasteiger partial charge in [0.15, 0.2) is 6.29 Å². The molecule has 0 aromatic carbocycles. The van der Waals surface area contributed by atoms with E-state index in [-0.39, 0.29) is 6.54 Å². The summed E-state index contributed by atoms with van der Waals surface area (Å²) < 4.78 is 4.70. The lowest BCUT2D eigenvalue weighted by Gasteiger charge is -2.38. The number of ether oxygens (including phenoxy) is 1. The quantitative estimate of drug-likeness (QED) is 0.211. The van der Waals surface area contributed by atoms with Crippen molar-refractivity contribution in [1.29, 1.82) is 0 Å². The second-order valence-corrected chi connectivity index (χ2v) is 5.34. The fourth-order valence-corrected chi connectivity index (χ4v) is 1.82. The van der Waals surface area contributed by atoms with E-state index in [0.29, 0.717) is 0 Å². The van der Waals surface area contributed by atoms with E-state index in [0.717, 1.165) is 0 Å². The van der Waals surface area contributed by atoms with Crippen LogP contribution in [-0.4, -0.2) is 121 Å². The Labute approximate surface area is 138 Å². The lowest BCUT2D eigenvalue weighted by molar-refractivity contribution is -0.248. The minimum Gasteiger partial charge on any atom is -0.394 e. The molecule has 0 radical (unpaired) electrons. The predicted molar refractivity (Wildman–Crippen MR) is 78.1 cm³/mol. The zero-order chi connectivity index (χ0) is 19.0. The molecule has 1 rings (SSSR count). The first-order valence-electron chi connectivity index (χ1n) is 7.21. The molecule has 0 saturated carbocycles. The van der Waals surface area contributed by atoms with Gasteiger partial charge in [-0.2, -0.15) is 0 Å². The molecule has 1 aliphatic rings. The summed E-state index contributed by atoms with van der Waals surface area (Å²) >= 11 is 0. The number of hydrogen-bond donors (Lipinski definition) is 11. The highest BCUT2D eigenvalue weighted by molar-refractivity contribution is 4.90. The van der Waals surface area contributed by atoms with Gasteiger partial charge in [0.1, 0.15) is 36.6 Å². The van der Waals surface area contributed by atoms with Gasteiger partial charge in [-0.3, -0.25) is 0 Å². The van der Waals surface area contributed by atoms with Gasteiger partial charge in [-0.1, -0.05) is 0 Å². The van der Waals surface area contributed by atoms with Gasteiger partial charge in [0.05, 0.1) is 25.4 Å². The molecule has 146 valence electrons. The molecular weight excluding hydrogens is 332 g/mol. The Balaban J connectivity index is 0.000000441. The summed E-state index contributed by atoms with van der Waals surface area (Å²) in [5.74, 6) is 0. The third kappa shape index (κ3) is 6.44. The van der Waals surface area contributed by atoms with Gasteiger partial charge >= 0.3 is 0 Å². The summed E-state index contributed by atoms with van der Waals surface area (Å²) in [4.78, 5) is 0. The number of hydrogen-bond acceptors (Lipinski definition) is 12. The highest BCUT2D eigenvalue weighted by Gasteiger charge is 2.41. The van der Waals surface area contributed by atoms with Crippen molar-refractivity contribution in [2.75, 3.05) is 19.8 Å². The molecule has 0 amide bonds. The topological polar surface area (TPSA) is 243 Å². The summed E-state index contributed by atoms with van der Waals surface area (Å²) in [6, 6.07) is -1.04. The standard InChI is InChI=1S/C6H13NO5.C6H15NO5/c7-3-5(10)4(9)2(1-8)12-6(3)11;7-1-3(9)5(11)6(12)4(10)2-8/h2-6,8-11H,1,7H2;3-6,8-12H,1-2,7H2/t2-,3-,4-,5-,6-;3-,4+,5+,6+/m10/s1. The van der Waals surface area contributed by atoms with Crippen LogP contribution in [0, 0.1) is 0 Å². The van der Waals surface area contributed by atoms with Gasteiger partial charge in [-0.25, -0.2) is 0 Å². The maximum Gasteiger partial charge on any atom is 0.173 e. The Morgan fingerprint density at radius 2 is 1.38 bits per heavy atom. The van der Waals surface area contributed by atoms with Gasteiger partial charge in [0.25, 0.3) is 0 Å². The smallest absolute Gasteiger partial charge is 0.173 e. The first-order chi connectivity index (χ1) is 11.1. The summed E-state index contributed by atoms with van der Waals surface area (Å²) in [7, 11) is 0. The van der Waals surface area contributed by atoms with Gasteiger partial charge < -0.3 is 62.2 Å². The molecule has 9 atom stereocenters. The maximum atomic E-state index is 9.20. The van der Waals surface area contributed by atoms with E-state index < -0.39 is 68.3 Å². The molecule has 1 saturated heterocycles. The molecule has 0 unspecified atom stereocenters. The van der Waals surface area contributed by atoms with E-state index in [9.17, 15) is 10.2 Å². The van der Waals surface area contributed by atoms with Crippen molar-refractivity contribution in [2.45, 2.75) is 55.1 Å². The minimum atomic E-state index is -1.59. The fourth-order valence-electron chi connectivity index (χ4n) is 1.82. The van der Waals surface area contributed by atoms with Gasteiger partial charge in [0.2, 0.25) is 0 Å².